The fourth-order valence-electron chi connectivity index (χ4n) is 3.76. The first-order valence-corrected chi connectivity index (χ1v) is 11.0. The fourth-order valence-corrected chi connectivity index (χ4v) is 3.94. The lowest BCUT2D eigenvalue weighted by atomic mass is 9.75. The lowest BCUT2D eigenvalue weighted by molar-refractivity contribution is 0.404. The van der Waals surface area contributed by atoms with Crippen LogP contribution < -0.4 is 4.74 Å². The number of aryl methyl sites for hydroxylation is 3. The summed E-state index contributed by atoms with van der Waals surface area (Å²) < 4.78 is 20.0. The highest BCUT2D eigenvalue weighted by Gasteiger charge is 2.24. The molecule has 0 aliphatic heterocycles. The van der Waals surface area contributed by atoms with Crippen LogP contribution in [0.5, 0.6) is 11.5 Å². The van der Waals surface area contributed by atoms with E-state index >= 15 is 0 Å². The van der Waals surface area contributed by atoms with E-state index in [4.69, 9.17) is 16.3 Å². The van der Waals surface area contributed by atoms with Crippen molar-refractivity contribution < 1.29 is 9.13 Å². The quantitative estimate of drug-likeness (QED) is 0.351. The van der Waals surface area contributed by atoms with Crippen molar-refractivity contribution in [1.29, 1.82) is 0 Å². The Bertz CT molecular complexity index is 1010. The highest BCUT2D eigenvalue weighted by atomic mass is 35.5. The smallest absolute Gasteiger partial charge is 0.165 e. The van der Waals surface area contributed by atoms with Crippen LogP contribution in [0, 0.1) is 19.7 Å². The van der Waals surface area contributed by atoms with E-state index in [1.165, 1.54) is 22.8 Å². The van der Waals surface area contributed by atoms with Crippen molar-refractivity contribution in [2.45, 2.75) is 58.8 Å². The number of hydrogen-bond acceptors (Lipinski definition) is 1. The van der Waals surface area contributed by atoms with Gasteiger partial charge in [-0.2, -0.15) is 0 Å². The summed E-state index contributed by atoms with van der Waals surface area (Å²) in [7, 11) is 0. The Hall–Kier alpha value is -2.32. The number of hydrogen-bond donors (Lipinski definition) is 0. The molecule has 158 valence electrons. The molecule has 3 rings (SSSR count). The van der Waals surface area contributed by atoms with Gasteiger partial charge in [0.05, 0.1) is 0 Å². The predicted octanol–water partition coefficient (Wildman–Crippen LogP) is 8.58. The first-order chi connectivity index (χ1) is 14.3. The molecule has 0 aliphatic rings. The van der Waals surface area contributed by atoms with Crippen LogP contribution in [0.2, 0.25) is 5.02 Å². The third kappa shape index (κ3) is 5.43. The van der Waals surface area contributed by atoms with E-state index in [1.807, 2.05) is 6.07 Å². The molecule has 0 radical (unpaired) electrons. The third-order valence-corrected chi connectivity index (χ3v) is 6.43. The van der Waals surface area contributed by atoms with Gasteiger partial charge in [-0.1, -0.05) is 55.8 Å². The molecule has 0 bridgehead atoms. The third-order valence-electron chi connectivity index (χ3n) is 6.20. The molecule has 0 aliphatic carbocycles. The summed E-state index contributed by atoms with van der Waals surface area (Å²) in [6, 6.07) is 19.0. The minimum absolute atomic E-state index is 0.138. The van der Waals surface area contributed by atoms with Gasteiger partial charge in [0.1, 0.15) is 5.75 Å². The summed E-state index contributed by atoms with van der Waals surface area (Å²) >= 11 is 6.00. The second-order valence-corrected chi connectivity index (χ2v) is 8.83. The summed E-state index contributed by atoms with van der Waals surface area (Å²) in [5, 5.41) is 0.564. The molecular formula is C27H30ClFO. The number of benzene rings is 3. The molecule has 0 saturated carbocycles. The van der Waals surface area contributed by atoms with Crippen molar-refractivity contribution in [3.05, 3.63) is 93.8 Å². The maximum absolute atomic E-state index is 14.3. The number of halogens is 2. The van der Waals surface area contributed by atoms with E-state index in [-0.39, 0.29) is 17.0 Å². The van der Waals surface area contributed by atoms with E-state index in [0.717, 1.165) is 31.2 Å². The molecule has 1 unspecified atom stereocenters. The molecule has 0 aromatic heterocycles. The van der Waals surface area contributed by atoms with Crippen LogP contribution in [-0.4, -0.2) is 0 Å². The van der Waals surface area contributed by atoms with E-state index in [2.05, 4.69) is 45.9 Å². The van der Waals surface area contributed by atoms with Crippen LogP contribution in [-0.2, 0) is 11.8 Å². The first kappa shape index (κ1) is 22.4. The van der Waals surface area contributed by atoms with Crippen LogP contribution in [0.15, 0.2) is 60.7 Å². The molecule has 0 amide bonds. The highest BCUT2D eigenvalue weighted by molar-refractivity contribution is 6.30. The van der Waals surface area contributed by atoms with Crippen LogP contribution in [0.25, 0.3) is 0 Å². The van der Waals surface area contributed by atoms with Gasteiger partial charge >= 0.3 is 0 Å². The Morgan fingerprint density at radius 1 is 0.967 bits per heavy atom. The Morgan fingerprint density at radius 2 is 1.77 bits per heavy atom. The van der Waals surface area contributed by atoms with Crippen molar-refractivity contribution in [3.63, 3.8) is 0 Å². The molecule has 1 nitrogen and oxygen atoms in total. The average molecular weight is 425 g/mol. The summed E-state index contributed by atoms with van der Waals surface area (Å²) in [4.78, 5) is 0. The van der Waals surface area contributed by atoms with Gasteiger partial charge < -0.3 is 4.74 Å². The van der Waals surface area contributed by atoms with E-state index in [1.54, 1.807) is 30.3 Å². The van der Waals surface area contributed by atoms with Crippen molar-refractivity contribution >= 4 is 11.6 Å². The SMILES string of the molecule is CCC(C)(CCCc1ccc(F)c(Oc2cccc(Cl)c2)c1)c1ccc(C)c(C)c1. The standard InChI is InChI=1S/C27H30ClFO/c1-5-27(4,22-13-11-19(2)20(3)16-22)15-7-8-21-12-14-25(29)26(17-21)30-24-10-6-9-23(28)18-24/h6,9-14,16-18H,5,7-8,15H2,1-4H3. The normalized spacial score (nSPS) is 13.1. The van der Waals surface area contributed by atoms with Gasteiger partial charge in [-0.3, -0.25) is 0 Å². The Balaban J connectivity index is 1.68. The number of rotatable bonds is 8. The Labute approximate surface area is 184 Å². The van der Waals surface area contributed by atoms with E-state index < -0.39 is 0 Å². The molecule has 3 heteroatoms. The monoisotopic (exact) mass is 424 g/mol. The van der Waals surface area contributed by atoms with Gasteiger partial charge in [0.25, 0.3) is 0 Å². The van der Waals surface area contributed by atoms with E-state index in [9.17, 15) is 4.39 Å². The molecule has 0 fully saturated rings. The van der Waals surface area contributed by atoms with Crippen molar-refractivity contribution in [2.24, 2.45) is 0 Å². The van der Waals surface area contributed by atoms with E-state index in [0.29, 0.717) is 10.8 Å². The van der Waals surface area contributed by atoms with Crippen LogP contribution in [0.4, 0.5) is 4.39 Å². The second-order valence-electron chi connectivity index (χ2n) is 8.39. The minimum Gasteiger partial charge on any atom is -0.454 e. The van der Waals surface area contributed by atoms with Gasteiger partial charge in [0.2, 0.25) is 0 Å². The first-order valence-electron chi connectivity index (χ1n) is 10.6. The lowest BCUT2D eigenvalue weighted by Crippen LogP contribution is -2.21. The molecular weight excluding hydrogens is 395 g/mol. The maximum Gasteiger partial charge on any atom is 0.165 e. The van der Waals surface area contributed by atoms with Crippen molar-refractivity contribution in [3.8, 4) is 11.5 Å². The van der Waals surface area contributed by atoms with Gasteiger partial charge in [-0.25, -0.2) is 4.39 Å². The molecule has 0 N–H and O–H groups in total. The zero-order valence-corrected chi connectivity index (χ0v) is 19.0. The Morgan fingerprint density at radius 3 is 2.47 bits per heavy atom. The van der Waals surface area contributed by atoms with Gasteiger partial charge in [0, 0.05) is 5.02 Å². The second kappa shape index (κ2) is 9.66. The van der Waals surface area contributed by atoms with Crippen molar-refractivity contribution in [1.82, 2.24) is 0 Å². The molecule has 0 spiro atoms. The topological polar surface area (TPSA) is 9.23 Å². The fraction of sp³-hybridized carbons (Fsp3) is 0.333. The van der Waals surface area contributed by atoms with Crippen LogP contribution in [0.1, 0.15) is 55.4 Å². The molecule has 0 saturated heterocycles. The molecule has 30 heavy (non-hydrogen) atoms. The molecule has 3 aromatic rings. The van der Waals surface area contributed by atoms with Gasteiger partial charge in [-0.15, -0.1) is 0 Å². The minimum atomic E-state index is -0.368. The zero-order chi connectivity index (χ0) is 21.7. The predicted molar refractivity (Wildman–Crippen MR) is 124 cm³/mol. The van der Waals surface area contributed by atoms with Gasteiger partial charge in [-0.05, 0) is 97.5 Å². The lowest BCUT2D eigenvalue weighted by Gasteiger charge is -2.30. The summed E-state index contributed by atoms with van der Waals surface area (Å²) in [6.45, 7) is 8.92. The summed E-state index contributed by atoms with van der Waals surface area (Å²) in [6.07, 6.45) is 4.07. The van der Waals surface area contributed by atoms with Gasteiger partial charge in [0.15, 0.2) is 11.6 Å². The van der Waals surface area contributed by atoms with Crippen LogP contribution >= 0.6 is 11.6 Å². The summed E-state index contributed by atoms with van der Waals surface area (Å²) in [5.41, 5.74) is 5.28. The Kier molecular flexibility index (Phi) is 7.20. The number of ether oxygens (including phenoxy) is 1. The van der Waals surface area contributed by atoms with Crippen molar-refractivity contribution in [2.75, 3.05) is 0 Å². The maximum atomic E-state index is 14.3. The molecule has 1 atom stereocenters. The van der Waals surface area contributed by atoms with Crippen LogP contribution in [0.3, 0.4) is 0 Å². The molecule has 0 heterocycles. The largest absolute Gasteiger partial charge is 0.454 e. The zero-order valence-electron chi connectivity index (χ0n) is 18.3. The average Bonchev–Trinajstić information content (AvgIpc) is 2.72. The summed E-state index contributed by atoms with van der Waals surface area (Å²) in [5.74, 6) is 0.404. The molecule has 3 aromatic carbocycles. The highest BCUT2D eigenvalue weighted by Crippen LogP contribution is 2.34.